The fraction of sp³-hybridized carbons (Fsp3) is 1.00. The summed E-state index contributed by atoms with van der Waals surface area (Å²) in [5.41, 5.74) is 0. The summed E-state index contributed by atoms with van der Waals surface area (Å²) in [6, 6.07) is 1.67. The summed E-state index contributed by atoms with van der Waals surface area (Å²) in [5.74, 6) is 0. The lowest BCUT2D eigenvalue weighted by molar-refractivity contribution is 0.0709. The van der Waals surface area contributed by atoms with Crippen molar-refractivity contribution in [2.75, 3.05) is 19.8 Å². The van der Waals surface area contributed by atoms with Crippen molar-refractivity contribution >= 4 is 0 Å². The van der Waals surface area contributed by atoms with Gasteiger partial charge in [-0.2, -0.15) is 0 Å². The molecule has 2 N–H and O–H groups in total. The fourth-order valence-corrected chi connectivity index (χ4v) is 1.83. The molecule has 0 spiro atoms. The normalized spacial score (nSPS) is 26.3. The van der Waals surface area contributed by atoms with Gasteiger partial charge >= 0.3 is 0 Å². The number of nitrogens with one attached hydrogen (secondary N) is 2. The van der Waals surface area contributed by atoms with Crippen molar-refractivity contribution in [3.05, 3.63) is 0 Å². The van der Waals surface area contributed by atoms with Crippen LogP contribution in [0.4, 0.5) is 0 Å². The highest BCUT2D eigenvalue weighted by molar-refractivity contribution is 4.76. The van der Waals surface area contributed by atoms with Crippen LogP contribution in [0.3, 0.4) is 0 Å². The second-order valence-corrected chi connectivity index (χ2v) is 4.18. The van der Waals surface area contributed by atoms with Crippen molar-refractivity contribution in [3.8, 4) is 0 Å². The minimum atomic E-state index is 0.537. The Morgan fingerprint density at radius 3 is 2.77 bits per heavy atom. The van der Waals surface area contributed by atoms with Crippen molar-refractivity contribution in [1.29, 1.82) is 0 Å². The van der Waals surface area contributed by atoms with Crippen molar-refractivity contribution in [1.82, 2.24) is 10.6 Å². The van der Waals surface area contributed by atoms with Gasteiger partial charge in [0, 0.05) is 24.7 Å². The van der Waals surface area contributed by atoms with Gasteiger partial charge in [0.2, 0.25) is 0 Å². The van der Waals surface area contributed by atoms with Crippen LogP contribution >= 0.6 is 0 Å². The highest BCUT2D eigenvalue weighted by Crippen LogP contribution is 2.02. The summed E-state index contributed by atoms with van der Waals surface area (Å²) in [6.07, 6.45) is 1.15. The van der Waals surface area contributed by atoms with E-state index in [0.29, 0.717) is 18.1 Å². The zero-order valence-electron chi connectivity index (χ0n) is 8.97. The first-order valence-corrected chi connectivity index (χ1v) is 5.25. The van der Waals surface area contributed by atoms with Crippen LogP contribution in [0.2, 0.25) is 0 Å². The topological polar surface area (TPSA) is 33.3 Å². The van der Waals surface area contributed by atoms with Gasteiger partial charge in [-0.3, -0.25) is 0 Å². The van der Waals surface area contributed by atoms with Crippen molar-refractivity contribution in [2.45, 2.75) is 45.3 Å². The van der Waals surface area contributed by atoms with Crippen LogP contribution in [0.5, 0.6) is 0 Å². The maximum atomic E-state index is 5.40. The van der Waals surface area contributed by atoms with Gasteiger partial charge < -0.3 is 15.4 Å². The molecule has 13 heavy (non-hydrogen) atoms. The molecule has 2 atom stereocenters. The van der Waals surface area contributed by atoms with E-state index in [1.54, 1.807) is 0 Å². The predicted octanol–water partition coefficient (Wildman–Crippen LogP) is 0.751. The van der Waals surface area contributed by atoms with Crippen LogP contribution in [0.25, 0.3) is 0 Å². The summed E-state index contributed by atoms with van der Waals surface area (Å²) >= 11 is 0. The molecule has 0 amide bonds. The zero-order chi connectivity index (χ0) is 9.68. The first-order chi connectivity index (χ1) is 6.18. The first kappa shape index (κ1) is 11.0. The van der Waals surface area contributed by atoms with Gasteiger partial charge in [0.25, 0.3) is 0 Å². The van der Waals surface area contributed by atoms with E-state index in [2.05, 4.69) is 31.4 Å². The minimum absolute atomic E-state index is 0.537. The van der Waals surface area contributed by atoms with Gasteiger partial charge in [-0.15, -0.1) is 0 Å². The van der Waals surface area contributed by atoms with Crippen molar-refractivity contribution < 1.29 is 4.74 Å². The van der Waals surface area contributed by atoms with Crippen LogP contribution in [-0.4, -0.2) is 37.9 Å². The Balaban J connectivity index is 2.14. The number of rotatable bonds is 4. The molecule has 3 heteroatoms. The largest absolute Gasteiger partial charge is 0.379 e. The van der Waals surface area contributed by atoms with Crippen LogP contribution in [0, 0.1) is 0 Å². The van der Waals surface area contributed by atoms with E-state index in [9.17, 15) is 0 Å². The number of morpholine rings is 1. The second kappa shape index (κ2) is 5.58. The van der Waals surface area contributed by atoms with Gasteiger partial charge in [-0.25, -0.2) is 0 Å². The molecule has 0 saturated carbocycles. The Morgan fingerprint density at radius 2 is 2.23 bits per heavy atom. The quantitative estimate of drug-likeness (QED) is 0.680. The lowest BCUT2D eigenvalue weighted by Gasteiger charge is -2.27. The molecule has 1 heterocycles. The van der Waals surface area contributed by atoms with E-state index in [1.165, 1.54) is 0 Å². The first-order valence-electron chi connectivity index (χ1n) is 5.25. The maximum Gasteiger partial charge on any atom is 0.0620 e. The lowest BCUT2D eigenvalue weighted by Crippen LogP contribution is -2.45. The van der Waals surface area contributed by atoms with Gasteiger partial charge in [0.1, 0.15) is 0 Å². The molecule has 0 aliphatic carbocycles. The van der Waals surface area contributed by atoms with Gasteiger partial charge in [0.05, 0.1) is 13.2 Å². The predicted molar refractivity (Wildman–Crippen MR) is 55.0 cm³/mol. The van der Waals surface area contributed by atoms with Crippen LogP contribution in [0.15, 0.2) is 0 Å². The molecule has 2 unspecified atom stereocenters. The summed E-state index contributed by atoms with van der Waals surface area (Å²) in [4.78, 5) is 0. The molecule has 1 aliphatic rings. The Morgan fingerprint density at radius 1 is 1.46 bits per heavy atom. The molecule has 3 nitrogen and oxygen atoms in total. The van der Waals surface area contributed by atoms with Crippen molar-refractivity contribution in [3.63, 3.8) is 0 Å². The lowest BCUT2D eigenvalue weighted by atomic mass is 10.1. The summed E-state index contributed by atoms with van der Waals surface area (Å²) in [7, 11) is 0. The summed E-state index contributed by atoms with van der Waals surface area (Å²) in [5, 5.41) is 6.95. The average Bonchev–Trinajstić information content (AvgIpc) is 2.04. The van der Waals surface area contributed by atoms with E-state index in [1.807, 2.05) is 0 Å². The number of hydrogen-bond acceptors (Lipinski definition) is 3. The molecule has 0 aromatic heterocycles. The monoisotopic (exact) mass is 186 g/mol. The van der Waals surface area contributed by atoms with Crippen LogP contribution in [-0.2, 0) is 4.74 Å². The molecule has 78 valence electrons. The molecule has 0 radical (unpaired) electrons. The summed E-state index contributed by atoms with van der Waals surface area (Å²) in [6.45, 7) is 9.32. The molecule has 1 aliphatic heterocycles. The van der Waals surface area contributed by atoms with E-state index in [4.69, 9.17) is 4.74 Å². The molecule has 1 rings (SSSR count). The maximum absolute atomic E-state index is 5.40. The molecular formula is C10H22N2O. The van der Waals surface area contributed by atoms with E-state index < -0.39 is 0 Å². The average molecular weight is 186 g/mol. The third kappa shape index (κ3) is 4.60. The van der Waals surface area contributed by atoms with Crippen LogP contribution < -0.4 is 10.6 Å². The molecule has 1 fully saturated rings. The van der Waals surface area contributed by atoms with Gasteiger partial charge in [-0.1, -0.05) is 13.8 Å². The highest BCUT2D eigenvalue weighted by atomic mass is 16.5. The standard InChI is InChI=1S/C10H22N2O/c1-8(2)12-9(3)6-10-7-13-5-4-11-10/h8-12H,4-7H2,1-3H3. The number of hydrogen-bond donors (Lipinski definition) is 2. The van der Waals surface area contributed by atoms with Gasteiger partial charge in [-0.05, 0) is 13.3 Å². The molecule has 0 aromatic carbocycles. The number of ether oxygens (including phenoxy) is 1. The highest BCUT2D eigenvalue weighted by Gasteiger charge is 2.16. The SMILES string of the molecule is CC(C)NC(C)CC1COCCN1. The summed E-state index contributed by atoms with van der Waals surface area (Å²) < 4.78 is 5.40. The van der Waals surface area contributed by atoms with Gasteiger partial charge in [0.15, 0.2) is 0 Å². The second-order valence-electron chi connectivity index (χ2n) is 4.18. The molecule has 1 saturated heterocycles. The smallest absolute Gasteiger partial charge is 0.0620 e. The molecule has 0 aromatic rings. The third-order valence-corrected chi connectivity index (χ3v) is 2.25. The minimum Gasteiger partial charge on any atom is -0.379 e. The fourth-order valence-electron chi connectivity index (χ4n) is 1.83. The van der Waals surface area contributed by atoms with Crippen LogP contribution in [0.1, 0.15) is 27.2 Å². The Bertz CT molecular complexity index is 133. The zero-order valence-corrected chi connectivity index (χ0v) is 8.97. The Hall–Kier alpha value is -0.120. The molecule has 0 bridgehead atoms. The van der Waals surface area contributed by atoms with Crippen molar-refractivity contribution in [2.24, 2.45) is 0 Å². The molecular weight excluding hydrogens is 164 g/mol. The Kier molecular flexibility index (Phi) is 4.70. The Labute approximate surface area is 81.2 Å². The van der Waals surface area contributed by atoms with E-state index in [-0.39, 0.29) is 0 Å². The third-order valence-electron chi connectivity index (χ3n) is 2.25. The van der Waals surface area contributed by atoms with E-state index >= 15 is 0 Å². The van der Waals surface area contributed by atoms with E-state index in [0.717, 1.165) is 26.2 Å².